The molecule has 1 saturated carbocycles. The zero-order chi connectivity index (χ0) is 21.1. The maximum Gasteiger partial charge on any atom is 0.265 e. The van der Waals surface area contributed by atoms with Crippen molar-refractivity contribution in [2.75, 3.05) is 11.9 Å². The molecular weight excluding hydrogens is 390 g/mol. The van der Waals surface area contributed by atoms with Crippen molar-refractivity contribution >= 4 is 5.82 Å². The second kappa shape index (κ2) is 8.73. The Balaban J connectivity index is 1.25. The summed E-state index contributed by atoms with van der Waals surface area (Å²) in [4.78, 5) is 12.9. The normalized spacial score (nSPS) is 17.9. The molecule has 0 saturated heterocycles. The van der Waals surface area contributed by atoms with E-state index in [2.05, 4.69) is 25.4 Å². The number of hydrogen-bond donors (Lipinski definition) is 1. The van der Waals surface area contributed by atoms with Crippen molar-refractivity contribution < 1.29 is 13.5 Å². The summed E-state index contributed by atoms with van der Waals surface area (Å²) in [6.45, 7) is 2.98. The van der Waals surface area contributed by atoms with E-state index in [4.69, 9.17) is 4.74 Å². The zero-order valence-corrected chi connectivity index (χ0v) is 16.9. The molecule has 1 aliphatic carbocycles. The fourth-order valence-corrected chi connectivity index (χ4v) is 3.47. The highest BCUT2D eigenvalue weighted by Gasteiger charge is 2.39. The lowest BCUT2D eigenvalue weighted by Crippen LogP contribution is -2.06. The third kappa shape index (κ3) is 5.08. The van der Waals surface area contributed by atoms with Crippen LogP contribution < -0.4 is 10.1 Å². The van der Waals surface area contributed by atoms with E-state index in [0.29, 0.717) is 42.5 Å². The number of ether oxygens (including phenoxy) is 1. The molecule has 0 aliphatic heterocycles. The van der Waals surface area contributed by atoms with E-state index in [1.54, 1.807) is 23.0 Å². The van der Waals surface area contributed by atoms with Crippen LogP contribution in [-0.4, -0.2) is 31.3 Å². The Morgan fingerprint density at radius 2 is 2.13 bits per heavy atom. The fraction of sp³-hybridized carbons (Fsp3) is 0.429. The van der Waals surface area contributed by atoms with Crippen molar-refractivity contribution in [1.29, 1.82) is 0 Å². The molecule has 1 N–H and O–H groups in total. The van der Waals surface area contributed by atoms with Gasteiger partial charge in [-0.2, -0.15) is 10.1 Å². The molecule has 0 amide bonds. The van der Waals surface area contributed by atoms with Gasteiger partial charge in [-0.15, -0.1) is 0 Å². The van der Waals surface area contributed by atoms with E-state index >= 15 is 0 Å². The summed E-state index contributed by atoms with van der Waals surface area (Å²) in [5.41, 5.74) is 1.90. The maximum absolute atomic E-state index is 12.6. The van der Waals surface area contributed by atoms with Crippen LogP contribution in [0.2, 0.25) is 0 Å². The Labute approximate surface area is 173 Å². The van der Waals surface area contributed by atoms with Crippen LogP contribution in [0, 0.1) is 12.8 Å². The first-order valence-electron chi connectivity index (χ1n) is 9.92. The van der Waals surface area contributed by atoms with E-state index in [-0.39, 0.29) is 5.56 Å². The molecule has 2 atom stereocenters. The van der Waals surface area contributed by atoms with Crippen molar-refractivity contribution in [2.24, 2.45) is 13.0 Å². The minimum Gasteiger partial charge on any atom is -0.478 e. The number of aryl methyl sites for hydroxylation is 2. The summed E-state index contributed by atoms with van der Waals surface area (Å²) in [6.07, 6.45) is 4.42. The van der Waals surface area contributed by atoms with Gasteiger partial charge in [0.15, 0.2) is 0 Å². The van der Waals surface area contributed by atoms with Gasteiger partial charge in [-0.25, -0.2) is 13.8 Å². The van der Waals surface area contributed by atoms with Crippen molar-refractivity contribution in [3.05, 3.63) is 59.4 Å². The largest absolute Gasteiger partial charge is 0.478 e. The first kappa shape index (κ1) is 20.2. The second-order valence-corrected chi connectivity index (χ2v) is 7.57. The lowest BCUT2D eigenvalue weighted by molar-refractivity contribution is 0.151. The standard InChI is InChI=1S/C21H24F2N6O/c1-13-27-19(25-9-14-10-26-29(2)12-14)8-20(28-13)30-6-5-15-7-17(15)18-4-3-16(11-24-18)21(22)23/h3-4,8,10-12,15,17,21H,5-7,9H2,1-2H3,(H,25,27,28). The van der Waals surface area contributed by atoms with Crippen LogP contribution in [0.25, 0.3) is 0 Å². The Morgan fingerprint density at radius 3 is 2.83 bits per heavy atom. The van der Waals surface area contributed by atoms with Crippen LogP contribution in [0.3, 0.4) is 0 Å². The number of alkyl halides is 2. The average Bonchev–Trinajstić information content (AvgIpc) is 3.37. The molecule has 0 aromatic carbocycles. The number of aromatic nitrogens is 5. The molecule has 3 aromatic rings. The summed E-state index contributed by atoms with van der Waals surface area (Å²) < 4.78 is 32.9. The topological polar surface area (TPSA) is 77.8 Å². The molecule has 0 radical (unpaired) electrons. The van der Waals surface area contributed by atoms with Crippen LogP contribution in [0.15, 0.2) is 36.8 Å². The SMILES string of the molecule is Cc1nc(NCc2cnn(C)c2)cc(OCCC2CC2c2ccc(C(F)F)cn2)n1. The first-order valence-corrected chi connectivity index (χ1v) is 9.92. The van der Waals surface area contributed by atoms with Crippen LogP contribution in [-0.2, 0) is 13.6 Å². The molecule has 158 valence electrons. The smallest absolute Gasteiger partial charge is 0.265 e. The molecule has 30 heavy (non-hydrogen) atoms. The van der Waals surface area contributed by atoms with Gasteiger partial charge in [0.1, 0.15) is 11.6 Å². The number of halogens is 2. The third-order valence-electron chi connectivity index (χ3n) is 5.15. The summed E-state index contributed by atoms with van der Waals surface area (Å²) in [7, 11) is 1.88. The quantitative estimate of drug-likeness (QED) is 0.570. The molecule has 2 unspecified atom stereocenters. The highest BCUT2D eigenvalue weighted by atomic mass is 19.3. The Bertz CT molecular complexity index is 991. The average molecular weight is 414 g/mol. The molecule has 7 nitrogen and oxygen atoms in total. The number of hydrogen-bond acceptors (Lipinski definition) is 6. The van der Waals surface area contributed by atoms with Gasteiger partial charge < -0.3 is 10.1 Å². The van der Waals surface area contributed by atoms with E-state index < -0.39 is 6.43 Å². The molecule has 0 spiro atoms. The summed E-state index contributed by atoms with van der Waals surface area (Å²) >= 11 is 0. The van der Waals surface area contributed by atoms with Gasteiger partial charge in [0, 0.05) is 54.8 Å². The molecule has 0 bridgehead atoms. The minimum absolute atomic E-state index is 0.0358. The van der Waals surface area contributed by atoms with Crippen molar-refractivity contribution in [3.8, 4) is 5.88 Å². The van der Waals surface area contributed by atoms with E-state index in [9.17, 15) is 8.78 Å². The Morgan fingerprint density at radius 1 is 1.27 bits per heavy atom. The number of rotatable bonds is 9. The van der Waals surface area contributed by atoms with Gasteiger partial charge >= 0.3 is 0 Å². The molecule has 9 heteroatoms. The van der Waals surface area contributed by atoms with Crippen LogP contribution >= 0.6 is 0 Å². The molecular formula is C21H24F2N6O. The van der Waals surface area contributed by atoms with Crippen molar-refractivity contribution in [2.45, 2.75) is 38.7 Å². The van der Waals surface area contributed by atoms with Gasteiger partial charge in [0.05, 0.1) is 12.8 Å². The predicted molar refractivity (Wildman–Crippen MR) is 107 cm³/mol. The highest BCUT2D eigenvalue weighted by molar-refractivity contribution is 5.39. The van der Waals surface area contributed by atoms with Crippen LogP contribution in [0.5, 0.6) is 5.88 Å². The molecule has 1 aliphatic rings. The summed E-state index contributed by atoms with van der Waals surface area (Å²) in [5, 5.41) is 7.41. The predicted octanol–water partition coefficient (Wildman–Crippen LogP) is 4.04. The van der Waals surface area contributed by atoms with Gasteiger partial charge in [-0.3, -0.25) is 9.67 Å². The number of anilines is 1. The highest BCUT2D eigenvalue weighted by Crippen LogP contribution is 2.48. The monoisotopic (exact) mass is 414 g/mol. The number of pyridine rings is 1. The van der Waals surface area contributed by atoms with E-state index in [0.717, 1.165) is 24.1 Å². The molecule has 4 rings (SSSR count). The first-order chi connectivity index (χ1) is 14.5. The maximum atomic E-state index is 12.6. The zero-order valence-electron chi connectivity index (χ0n) is 16.9. The lowest BCUT2D eigenvalue weighted by atomic mass is 10.1. The van der Waals surface area contributed by atoms with Gasteiger partial charge in [-0.05, 0) is 37.8 Å². The van der Waals surface area contributed by atoms with Gasteiger partial charge in [-0.1, -0.05) is 0 Å². The van der Waals surface area contributed by atoms with Crippen LogP contribution in [0.1, 0.15) is 47.8 Å². The third-order valence-corrected chi connectivity index (χ3v) is 5.15. The fourth-order valence-electron chi connectivity index (χ4n) is 3.47. The second-order valence-electron chi connectivity index (χ2n) is 7.57. The summed E-state index contributed by atoms with van der Waals surface area (Å²) in [5.74, 6) is 2.65. The van der Waals surface area contributed by atoms with Crippen molar-refractivity contribution in [1.82, 2.24) is 24.7 Å². The van der Waals surface area contributed by atoms with Gasteiger partial charge in [0.2, 0.25) is 5.88 Å². The Hall–Kier alpha value is -3.10. The number of nitrogens with one attached hydrogen (secondary N) is 1. The molecule has 3 aromatic heterocycles. The summed E-state index contributed by atoms with van der Waals surface area (Å²) in [6, 6.07) is 4.96. The molecule has 3 heterocycles. The van der Waals surface area contributed by atoms with E-state index in [1.807, 2.05) is 20.2 Å². The lowest BCUT2D eigenvalue weighted by Gasteiger charge is -2.09. The Kier molecular flexibility index (Phi) is 5.87. The molecule has 1 fully saturated rings. The van der Waals surface area contributed by atoms with E-state index in [1.165, 1.54) is 12.3 Å². The minimum atomic E-state index is -2.48. The van der Waals surface area contributed by atoms with Crippen molar-refractivity contribution in [3.63, 3.8) is 0 Å². The van der Waals surface area contributed by atoms with Gasteiger partial charge in [0.25, 0.3) is 6.43 Å². The van der Waals surface area contributed by atoms with Crippen LogP contribution in [0.4, 0.5) is 14.6 Å². The number of nitrogens with zero attached hydrogens (tertiary/aromatic N) is 5.